The van der Waals surface area contributed by atoms with E-state index in [0.717, 1.165) is 24.1 Å². The Morgan fingerprint density at radius 1 is 1.45 bits per heavy atom. The van der Waals surface area contributed by atoms with Crippen LogP contribution in [0.5, 0.6) is 0 Å². The van der Waals surface area contributed by atoms with Gasteiger partial charge in [0.05, 0.1) is 0 Å². The van der Waals surface area contributed by atoms with Gasteiger partial charge in [-0.25, -0.2) is 0 Å². The van der Waals surface area contributed by atoms with Crippen LogP contribution < -0.4 is 10.6 Å². The lowest BCUT2D eigenvalue weighted by molar-refractivity contribution is -0.123. The Bertz CT molecular complexity index is 499. The van der Waals surface area contributed by atoms with Crippen LogP contribution in [-0.4, -0.2) is 17.9 Å². The molecular formula is C16H22N2O2. The van der Waals surface area contributed by atoms with Crippen molar-refractivity contribution in [3.63, 3.8) is 0 Å². The summed E-state index contributed by atoms with van der Waals surface area (Å²) < 4.78 is 0. The van der Waals surface area contributed by atoms with Crippen molar-refractivity contribution in [2.45, 2.75) is 45.6 Å². The van der Waals surface area contributed by atoms with Crippen molar-refractivity contribution in [1.82, 2.24) is 5.32 Å². The molecule has 0 bridgehead atoms. The number of hydrogen-bond donors (Lipinski definition) is 2. The van der Waals surface area contributed by atoms with Crippen molar-refractivity contribution < 1.29 is 9.59 Å². The number of nitrogens with one attached hydrogen (secondary N) is 2. The van der Waals surface area contributed by atoms with E-state index >= 15 is 0 Å². The van der Waals surface area contributed by atoms with Crippen LogP contribution in [0.25, 0.3) is 0 Å². The van der Waals surface area contributed by atoms with Crippen LogP contribution >= 0.6 is 0 Å². The second-order valence-corrected chi connectivity index (χ2v) is 5.46. The summed E-state index contributed by atoms with van der Waals surface area (Å²) >= 11 is 0. The molecule has 4 heteroatoms. The molecule has 1 aliphatic rings. The van der Waals surface area contributed by atoms with Crippen LogP contribution in [0, 0.1) is 5.92 Å². The predicted molar refractivity (Wildman–Crippen MR) is 79.4 cm³/mol. The van der Waals surface area contributed by atoms with Gasteiger partial charge in [0, 0.05) is 24.1 Å². The molecule has 108 valence electrons. The first kappa shape index (κ1) is 14.6. The first-order chi connectivity index (χ1) is 9.60. The zero-order valence-electron chi connectivity index (χ0n) is 12.1. The Kier molecular flexibility index (Phi) is 4.77. The lowest BCUT2D eigenvalue weighted by Crippen LogP contribution is -2.34. The van der Waals surface area contributed by atoms with Gasteiger partial charge >= 0.3 is 0 Å². The van der Waals surface area contributed by atoms with Gasteiger partial charge in [-0.05, 0) is 37.8 Å². The van der Waals surface area contributed by atoms with Gasteiger partial charge in [-0.2, -0.15) is 0 Å². The van der Waals surface area contributed by atoms with Crippen molar-refractivity contribution in [3.05, 3.63) is 29.8 Å². The SMILES string of the molecule is CC[C@@H](C)NC(=O)CC[C@H]1Cc2ccccc2NC1=O. The van der Waals surface area contributed by atoms with Crippen LogP contribution in [0.3, 0.4) is 0 Å². The van der Waals surface area contributed by atoms with Crippen LogP contribution in [0.15, 0.2) is 24.3 Å². The molecule has 20 heavy (non-hydrogen) atoms. The van der Waals surface area contributed by atoms with Crippen LogP contribution in [0.1, 0.15) is 38.7 Å². The van der Waals surface area contributed by atoms with Crippen LogP contribution in [0.2, 0.25) is 0 Å². The molecule has 0 radical (unpaired) electrons. The lowest BCUT2D eigenvalue weighted by Gasteiger charge is -2.24. The predicted octanol–water partition coefficient (Wildman–Crippen LogP) is 2.49. The highest BCUT2D eigenvalue weighted by atomic mass is 16.2. The van der Waals surface area contributed by atoms with E-state index in [9.17, 15) is 9.59 Å². The molecule has 1 aliphatic heterocycles. The van der Waals surface area contributed by atoms with E-state index in [1.54, 1.807) is 0 Å². The van der Waals surface area contributed by atoms with E-state index in [4.69, 9.17) is 0 Å². The maximum absolute atomic E-state index is 12.0. The summed E-state index contributed by atoms with van der Waals surface area (Å²) in [6.45, 7) is 4.03. The molecule has 2 rings (SSSR count). The van der Waals surface area contributed by atoms with Crippen LogP contribution in [-0.2, 0) is 16.0 Å². The highest BCUT2D eigenvalue weighted by molar-refractivity contribution is 5.96. The van der Waals surface area contributed by atoms with E-state index in [2.05, 4.69) is 10.6 Å². The molecule has 0 saturated heterocycles. The summed E-state index contributed by atoms with van der Waals surface area (Å²) in [6, 6.07) is 8.03. The second kappa shape index (κ2) is 6.55. The number of hydrogen-bond acceptors (Lipinski definition) is 2. The van der Waals surface area contributed by atoms with Crippen LogP contribution in [0.4, 0.5) is 5.69 Å². The lowest BCUT2D eigenvalue weighted by atomic mass is 9.89. The molecule has 0 unspecified atom stereocenters. The molecule has 0 spiro atoms. The molecule has 0 fully saturated rings. The molecular weight excluding hydrogens is 252 g/mol. The minimum atomic E-state index is -0.104. The fraction of sp³-hybridized carbons (Fsp3) is 0.500. The summed E-state index contributed by atoms with van der Waals surface area (Å²) in [5, 5.41) is 5.85. The van der Waals surface area contributed by atoms with Crippen molar-refractivity contribution in [2.24, 2.45) is 5.92 Å². The summed E-state index contributed by atoms with van der Waals surface area (Å²) in [7, 11) is 0. The number of carbonyl (C=O) groups excluding carboxylic acids is 2. The third-order valence-corrected chi connectivity index (χ3v) is 3.85. The minimum absolute atomic E-state index is 0.0278. The summed E-state index contributed by atoms with van der Waals surface area (Å²) in [5.74, 6) is -0.0429. The monoisotopic (exact) mass is 274 g/mol. The molecule has 0 aromatic heterocycles. The molecule has 4 nitrogen and oxygen atoms in total. The van der Waals surface area contributed by atoms with Gasteiger partial charge < -0.3 is 10.6 Å². The maximum Gasteiger partial charge on any atom is 0.227 e. The zero-order chi connectivity index (χ0) is 14.5. The number of rotatable bonds is 5. The molecule has 1 aromatic carbocycles. The summed E-state index contributed by atoms with van der Waals surface area (Å²) in [5.41, 5.74) is 2.05. The Morgan fingerprint density at radius 2 is 2.20 bits per heavy atom. The van der Waals surface area contributed by atoms with E-state index in [0.29, 0.717) is 12.8 Å². The molecule has 2 atom stereocenters. The number of para-hydroxylation sites is 1. The average Bonchev–Trinajstić information content (AvgIpc) is 2.44. The van der Waals surface area contributed by atoms with Crippen molar-refractivity contribution >= 4 is 17.5 Å². The van der Waals surface area contributed by atoms with Crippen molar-refractivity contribution in [2.75, 3.05) is 5.32 Å². The quantitative estimate of drug-likeness (QED) is 0.866. The van der Waals surface area contributed by atoms with Gasteiger partial charge in [0.15, 0.2) is 0 Å². The topological polar surface area (TPSA) is 58.2 Å². The number of carbonyl (C=O) groups is 2. The zero-order valence-corrected chi connectivity index (χ0v) is 12.1. The molecule has 0 saturated carbocycles. The number of anilines is 1. The Morgan fingerprint density at radius 3 is 2.95 bits per heavy atom. The van der Waals surface area contributed by atoms with Crippen molar-refractivity contribution in [3.8, 4) is 0 Å². The molecule has 1 aromatic rings. The van der Waals surface area contributed by atoms with E-state index in [-0.39, 0.29) is 23.8 Å². The third kappa shape index (κ3) is 3.59. The highest BCUT2D eigenvalue weighted by Gasteiger charge is 2.26. The number of amides is 2. The van der Waals surface area contributed by atoms with E-state index in [1.807, 2.05) is 38.1 Å². The molecule has 2 N–H and O–H groups in total. The fourth-order valence-corrected chi connectivity index (χ4v) is 2.40. The first-order valence-electron chi connectivity index (χ1n) is 7.28. The van der Waals surface area contributed by atoms with Gasteiger partial charge in [-0.15, -0.1) is 0 Å². The Balaban J connectivity index is 1.88. The Labute approximate surface area is 119 Å². The molecule has 0 aliphatic carbocycles. The largest absolute Gasteiger partial charge is 0.354 e. The normalized spacial score (nSPS) is 18.9. The molecule has 2 amide bonds. The standard InChI is InChI=1S/C16H22N2O2/c1-3-11(2)17-15(19)9-8-13-10-12-6-4-5-7-14(12)18-16(13)20/h4-7,11,13H,3,8-10H2,1-2H3,(H,17,19)(H,18,20)/t11-,13+/m1/s1. The van der Waals surface area contributed by atoms with E-state index < -0.39 is 0 Å². The van der Waals surface area contributed by atoms with Gasteiger partial charge in [-0.1, -0.05) is 25.1 Å². The van der Waals surface area contributed by atoms with Gasteiger partial charge in [0.1, 0.15) is 0 Å². The summed E-state index contributed by atoms with van der Waals surface area (Å²) in [4.78, 5) is 23.8. The average molecular weight is 274 g/mol. The first-order valence-corrected chi connectivity index (χ1v) is 7.28. The smallest absolute Gasteiger partial charge is 0.227 e. The third-order valence-electron chi connectivity index (χ3n) is 3.85. The van der Waals surface area contributed by atoms with E-state index in [1.165, 1.54) is 0 Å². The van der Waals surface area contributed by atoms with Gasteiger partial charge in [0.25, 0.3) is 0 Å². The fourth-order valence-electron chi connectivity index (χ4n) is 2.40. The van der Waals surface area contributed by atoms with Gasteiger partial charge in [-0.3, -0.25) is 9.59 Å². The Hall–Kier alpha value is -1.84. The van der Waals surface area contributed by atoms with Gasteiger partial charge in [0.2, 0.25) is 11.8 Å². The second-order valence-electron chi connectivity index (χ2n) is 5.46. The van der Waals surface area contributed by atoms with Crippen molar-refractivity contribution in [1.29, 1.82) is 0 Å². The summed E-state index contributed by atoms with van der Waals surface area (Å²) in [6.07, 6.45) is 2.65. The maximum atomic E-state index is 12.0. The minimum Gasteiger partial charge on any atom is -0.354 e. The number of fused-ring (bicyclic) bond motifs is 1. The number of benzene rings is 1. The highest BCUT2D eigenvalue weighted by Crippen LogP contribution is 2.27. The molecule has 1 heterocycles.